The Morgan fingerprint density at radius 3 is 2.37 bits per heavy atom. The molecule has 0 saturated carbocycles. The molecule has 2 aromatic heterocycles. The van der Waals surface area contributed by atoms with Crippen molar-refractivity contribution in [1.82, 2.24) is 9.97 Å². The summed E-state index contributed by atoms with van der Waals surface area (Å²) in [7, 11) is 0. The third kappa shape index (κ3) is 5.89. The number of primary amides is 1. The van der Waals surface area contributed by atoms with E-state index in [1.54, 1.807) is 24.7 Å². The summed E-state index contributed by atoms with van der Waals surface area (Å²) in [5.41, 5.74) is 12.2. The van der Waals surface area contributed by atoms with Gasteiger partial charge in [-0.2, -0.15) is 0 Å². The largest absolute Gasteiger partial charge is 0.366 e. The first-order valence-electron chi connectivity index (χ1n) is 11.3. The van der Waals surface area contributed by atoms with E-state index in [1.165, 1.54) is 0 Å². The molecule has 0 saturated heterocycles. The predicted molar refractivity (Wildman–Crippen MR) is 139 cm³/mol. The van der Waals surface area contributed by atoms with Gasteiger partial charge in [-0.1, -0.05) is 36.4 Å². The van der Waals surface area contributed by atoms with E-state index in [9.17, 15) is 9.59 Å². The van der Waals surface area contributed by atoms with Gasteiger partial charge in [0.15, 0.2) is 0 Å². The summed E-state index contributed by atoms with van der Waals surface area (Å²) in [6.07, 6.45) is 6.13. The van der Waals surface area contributed by atoms with Crippen LogP contribution in [0, 0.1) is 13.8 Å². The van der Waals surface area contributed by atoms with Gasteiger partial charge in [0.1, 0.15) is 5.82 Å². The molecule has 35 heavy (non-hydrogen) atoms. The van der Waals surface area contributed by atoms with E-state index in [0.717, 1.165) is 27.8 Å². The number of nitrogens with one attached hydrogen (secondary N) is 2. The van der Waals surface area contributed by atoms with Crippen LogP contribution in [0.4, 0.5) is 17.2 Å². The lowest BCUT2D eigenvalue weighted by Gasteiger charge is -2.13. The highest BCUT2D eigenvalue weighted by molar-refractivity contribution is 5.95. The second kappa shape index (κ2) is 10.6. The van der Waals surface area contributed by atoms with Crippen molar-refractivity contribution in [1.29, 1.82) is 0 Å². The summed E-state index contributed by atoms with van der Waals surface area (Å²) in [5, 5.41) is 6.12. The summed E-state index contributed by atoms with van der Waals surface area (Å²) in [6, 6.07) is 19.2. The highest BCUT2D eigenvalue weighted by Gasteiger charge is 2.12. The van der Waals surface area contributed by atoms with E-state index in [1.807, 2.05) is 68.4 Å². The van der Waals surface area contributed by atoms with Crippen LogP contribution >= 0.6 is 0 Å². The second-order valence-corrected chi connectivity index (χ2v) is 8.33. The number of aromatic nitrogens is 2. The number of hydrogen-bond donors (Lipinski definition) is 3. The Labute approximate surface area is 204 Å². The molecule has 0 aliphatic rings. The minimum absolute atomic E-state index is 0.0664. The number of pyridine rings is 2. The van der Waals surface area contributed by atoms with Gasteiger partial charge in [0, 0.05) is 23.7 Å². The van der Waals surface area contributed by atoms with Crippen LogP contribution in [0.25, 0.3) is 11.1 Å². The Morgan fingerprint density at radius 2 is 1.66 bits per heavy atom. The fourth-order valence-electron chi connectivity index (χ4n) is 3.88. The third-order valence-corrected chi connectivity index (χ3v) is 5.91. The highest BCUT2D eigenvalue weighted by Crippen LogP contribution is 2.28. The molecule has 2 heterocycles. The third-order valence-electron chi connectivity index (χ3n) is 5.91. The second-order valence-electron chi connectivity index (χ2n) is 8.33. The van der Waals surface area contributed by atoms with Crippen LogP contribution in [0.15, 0.2) is 79.3 Å². The number of carbonyl (C=O) groups excluding carboxylic acids is 2. The molecule has 0 aliphatic carbocycles. The van der Waals surface area contributed by atoms with Crippen molar-refractivity contribution in [2.45, 2.75) is 26.7 Å². The van der Waals surface area contributed by atoms with E-state index < -0.39 is 5.91 Å². The van der Waals surface area contributed by atoms with Crippen LogP contribution in [0.5, 0.6) is 0 Å². The van der Waals surface area contributed by atoms with Crippen LogP contribution in [0.2, 0.25) is 0 Å². The van der Waals surface area contributed by atoms with Crippen LogP contribution in [-0.4, -0.2) is 21.8 Å². The Bertz CT molecular complexity index is 1350. The molecule has 7 heteroatoms. The van der Waals surface area contributed by atoms with Gasteiger partial charge in [-0.15, -0.1) is 0 Å². The van der Waals surface area contributed by atoms with Gasteiger partial charge < -0.3 is 16.4 Å². The summed E-state index contributed by atoms with van der Waals surface area (Å²) >= 11 is 0. The van der Waals surface area contributed by atoms with Crippen LogP contribution in [0.1, 0.15) is 33.5 Å². The Hall–Kier alpha value is -4.52. The Morgan fingerprint density at radius 1 is 0.886 bits per heavy atom. The van der Waals surface area contributed by atoms with Gasteiger partial charge in [0.05, 0.1) is 23.8 Å². The summed E-state index contributed by atoms with van der Waals surface area (Å²) < 4.78 is 0. The molecule has 0 unspecified atom stereocenters. The number of benzene rings is 2. The maximum atomic E-state index is 12.3. The first-order chi connectivity index (χ1) is 16.9. The number of carbonyl (C=O) groups is 2. The maximum absolute atomic E-state index is 12.3. The first kappa shape index (κ1) is 23.6. The van der Waals surface area contributed by atoms with Crippen LogP contribution in [-0.2, 0) is 11.2 Å². The topological polar surface area (TPSA) is 110 Å². The molecule has 4 aromatic rings. The van der Waals surface area contributed by atoms with Crippen molar-refractivity contribution in [3.63, 3.8) is 0 Å². The zero-order chi connectivity index (χ0) is 24.8. The van der Waals surface area contributed by atoms with Gasteiger partial charge in [-0.05, 0) is 66.8 Å². The molecule has 4 N–H and O–H groups in total. The monoisotopic (exact) mass is 465 g/mol. The van der Waals surface area contributed by atoms with Crippen molar-refractivity contribution in [3.8, 4) is 11.1 Å². The van der Waals surface area contributed by atoms with E-state index in [2.05, 4.69) is 20.6 Å². The van der Waals surface area contributed by atoms with Crippen LogP contribution < -0.4 is 16.4 Å². The van der Waals surface area contributed by atoms with Crippen LogP contribution in [0.3, 0.4) is 0 Å². The molecule has 4 rings (SSSR count). The molecule has 176 valence electrons. The molecule has 0 spiro atoms. The molecule has 0 bridgehead atoms. The van der Waals surface area contributed by atoms with Gasteiger partial charge in [-0.25, -0.2) is 4.98 Å². The summed E-state index contributed by atoms with van der Waals surface area (Å²) in [5.74, 6) is 0.146. The number of aryl methyl sites for hydroxylation is 1. The zero-order valence-corrected chi connectivity index (χ0v) is 19.7. The number of amides is 2. The lowest BCUT2D eigenvalue weighted by Crippen LogP contribution is -2.13. The number of hydrogen-bond acceptors (Lipinski definition) is 5. The fraction of sp³-hybridized carbons (Fsp3) is 0.143. The molecular formula is C28H27N5O2. The fourth-order valence-corrected chi connectivity index (χ4v) is 3.88. The van der Waals surface area contributed by atoms with E-state index in [-0.39, 0.29) is 5.91 Å². The molecule has 7 nitrogen and oxygen atoms in total. The lowest BCUT2D eigenvalue weighted by molar-refractivity contribution is -0.116. The minimum atomic E-state index is -0.432. The van der Waals surface area contributed by atoms with Crippen molar-refractivity contribution in [2.75, 3.05) is 10.6 Å². The highest BCUT2D eigenvalue weighted by atomic mass is 16.1. The van der Waals surface area contributed by atoms with Gasteiger partial charge in [-0.3, -0.25) is 14.6 Å². The number of nitrogens with zero attached hydrogens (tertiary/aromatic N) is 2. The van der Waals surface area contributed by atoms with Crippen molar-refractivity contribution in [2.24, 2.45) is 5.73 Å². The molecule has 2 aromatic carbocycles. The quantitative estimate of drug-likeness (QED) is 0.332. The maximum Gasteiger partial charge on any atom is 0.248 e. The average Bonchev–Trinajstić information content (AvgIpc) is 2.86. The number of rotatable bonds is 8. The Balaban J connectivity index is 1.40. The number of anilines is 3. The summed E-state index contributed by atoms with van der Waals surface area (Å²) in [6.45, 7) is 3.86. The van der Waals surface area contributed by atoms with Gasteiger partial charge in [0.25, 0.3) is 0 Å². The Kier molecular flexibility index (Phi) is 7.16. The van der Waals surface area contributed by atoms with E-state index in [0.29, 0.717) is 35.6 Å². The standard InChI is InChI=1S/C28H27N5O2/c1-18-19(2)25(28(29)35)11-10-24(18)21-9-12-26(31-15-21)32-22-14-23(17-30-16-22)33-27(34)13-8-20-6-4-3-5-7-20/h3-7,9-12,14-17H,8,13H2,1-2H3,(H2,29,35)(H,31,32)(H,33,34). The molecule has 0 fully saturated rings. The molecule has 0 atom stereocenters. The van der Waals surface area contributed by atoms with E-state index in [4.69, 9.17) is 5.73 Å². The summed E-state index contributed by atoms with van der Waals surface area (Å²) in [4.78, 5) is 32.7. The average molecular weight is 466 g/mol. The van der Waals surface area contributed by atoms with Crippen molar-refractivity contribution in [3.05, 3.63) is 102 Å². The van der Waals surface area contributed by atoms with Crippen molar-refractivity contribution < 1.29 is 9.59 Å². The predicted octanol–water partition coefficient (Wildman–Crippen LogP) is 5.17. The number of nitrogens with two attached hydrogens (primary N) is 1. The smallest absolute Gasteiger partial charge is 0.248 e. The molecule has 0 aliphatic heterocycles. The molecule has 2 amide bonds. The van der Waals surface area contributed by atoms with Gasteiger partial charge >= 0.3 is 0 Å². The molecular weight excluding hydrogens is 438 g/mol. The zero-order valence-electron chi connectivity index (χ0n) is 19.7. The van der Waals surface area contributed by atoms with Crippen molar-refractivity contribution >= 4 is 29.0 Å². The first-order valence-corrected chi connectivity index (χ1v) is 11.3. The minimum Gasteiger partial charge on any atom is -0.366 e. The SMILES string of the molecule is Cc1c(C(N)=O)ccc(-c2ccc(Nc3cncc(NC(=O)CCc4ccccc4)c3)nc2)c1C. The molecule has 0 radical (unpaired) electrons. The normalized spacial score (nSPS) is 10.6. The van der Waals surface area contributed by atoms with E-state index >= 15 is 0 Å². The lowest BCUT2D eigenvalue weighted by atomic mass is 9.94. The van der Waals surface area contributed by atoms with Gasteiger partial charge in [0.2, 0.25) is 11.8 Å².